The van der Waals surface area contributed by atoms with Gasteiger partial charge in [-0.05, 0) is 35.6 Å². The van der Waals surface area contributed by atoms with Crippen molar-refractivity contribution in [3.8, 4) is 0 Å². The predicted molar refractivity (Wildman–Crippen MR) is 98.3 cm³/mol. The standard InChI is InChI=1S/C18H16N2O.2ClH/c1-18(17(19)21,15-5-3-2-4-6-15)16-8-7-14-12-20-10-9-13(14)11-16;;/h2-12H,1H3,(H2,19,21);2*1H. The van der Waals surface area contributed by atoms with Crippen molar-refractivity contribution in [2.24, 2.45) is 5.73 Å². The van der Waals surface area contributed by atoms with Gasteiger partial charge >= 0.3 is 0 Å². The largest absolute Gasteiger partial charge is 0.369 e. The smallest absolute Gasteiger partial charge is 0.232 e. The molecule has 0 fully saturated rings. The van der Waals surface area contributed by atoms with Crippen LogP contribution in [0.3, 0.4) is 0 Å². The number of fused-ring (bicyclic) bond motifs is 1. The molecule has 1 atom stereocenters. The molecule has 1 heterocycles. The van der Waals surface area contributed by atoms with Crippen LogP contribution in [0.5, 0.6) is 0 Å². The number of hydrogen-bond donors (Lipinski definition) is 1. The Hall–Kier alpha value is -2.10. The van der Waals surface area contributed by atoms with Crippen LogP contribution in [0, 0.1) is 0 Å². The second kappa shape index (κ2) is 7.44. The van der Waals surface area contributed by atoms with Crippen molar-refractivity contribution in [3.05, 3.63) is 78.1 Å². The Morgan fingerprint density at radius 3 is 2.30 bits per heavy atom. The maximum Gasteiger partial charge on any atom is 0.232 e. The quantitative estimate of drug-likeness (QED) is 0.780. The van der Waals surface area contributed by atoms with E-state index in [9.17, 15) is 4.79 Å². The average Bonchev–Trinajstić information content (AvgIpc) is 2.54. The minimum Gasteiger partial charge on any atom is -0.369 e. The summed E-state index contributed by atoms with van der Waals surface area (Å²) in [5.74, 6) is -0.359. The van der Waals surface area contributed by atoms with Crippen LogP contribution in [-0.4, -0.2) is 10.9 Å². The van der Waals surface area contributed by atoms with Crippen LogP contribution in [0.15, 0.2) is 67.0 Å². The van der Waals surface area contributed by atoms with E-state index in [1.165, 1.54) is 0 Å². The highest BCUT2D eigenvalue weighted by Crippen LogP contribution is 2.33. The summed E-state index contributed by atoms with van der Waals surface area (Å²) in [5, 5.41) is 2.09. The third-order valence-corrected chi connectivity index (χ3v) is 4.06. The van der Waals surface area contributed by atoms with Crippen molar-refractivity contribution in [2.45, 2.75) is 12.3 Å². The highest BCUT2D eigenvalue weighted by atomic mass is 35.5. The number of aromatic nitrogens is 1. The molecule has 2 N–H and O–H groups in total. The van der Waals surface area contributed by atoms with Gasteiger partial charge in [0.25, 0.3) is 0 Å². The average molecular weight is 349 g/mol. The lowest BCUT2D eigenvalue weighted by Gasteiger charge is -2.27. The normalized spacial score (nSPS) is 12.6. The second-order valence-electron chi connectivity index (χ2n) is 5.29. The zero-order valence-electron chi connectivity index (χ0n) is 12.6. The molecule has 0 aliphatic heterocycles. The highest BCUT2D eigenvalue weighted by Gasteiger charge is 2.35. The van der Waals surface area contributed by atoms with Gasteiger partial charge < -0.3 is 5.73 Å². The van der Waals surface area contributed by atoms with Gasteiger partial charge in [-0.1, -0.05) is 42.5 Å². The first-order valence-corrected chi connectivity index (χ1v) is 6.82. The lowest BCUT2D eigenvalue weighted by atomic mass is 9.75. The van der Waals surface area contributed by atoms with Crippen LogP contribution < -0.4 is 5.73 Å². The molecule has 1 amide bonds. The summed E-state index contributed by atoms with van der Waals surface area (Å²) in [6.45, 7) is 1.87. The van der Waals surface area contributed by atoms with E-state index in [0.717, 1.165) is 21.9 Å². The Morgan fingerprint density at radius 2 is 1.65 bits per heavy atom. The second-order valence-corrected chi connectivity index (χ2v) is 5.29. The Kier molecular flexibility index (Phi) is 6.13. The number of nitrogens with two attached hydrogens (primary N) is 1. The molecule has 0 radical (unpaired) electrons. The van der Waals surface area contributed by atoms with Crippen molar-refractivity contribution in [3.63, 3.8) is 0 Å². The van der Waals surface area contributed by atoms with Gasteiger partial charge in [0.2, 0.25) is 5.91 Å². The van der Waals surface area contributed by atoms with E-state index < -0.39 is 5.41 Å². The molecule has 0 bridgehead atoms. The summed E-state index contributed by atoms with van der Waals surface area (Å²) in [6, 6.07) is 17.5. The van der Waals surface area contributed by atoms with E-state index in [1.54, 1.807) is 6.20 Å². The monoisotopic (exact) mass is 348 g/mol. The first kappa shape index (κ1) is 18.9. The summed E-state index contributed by atoms with van der Waals surface area (Å²) in [5.41, 5.74) is 6.66. The molecule has 3 nitrogen and oxygen atoms in total. The maximum atomic E-state index is 12.2. The predicted octanol–water partition coefficient (Wildman–Crippen LogP) is 3.87. The lowest BCUT2D eigenvalue weighted by Crippen LogP contribution is -2.39. The van der Waals surface area contributed by atoms with E-state index in [2.05, 4.69) is 4.98 Å². The minimum absolute atomic E-state index is 0. The molecule has 0 aliphatic carbocycles. The zero-order chi connectivity index (χ0) is 14.9. The highest BCUT2D eigenvalue weighted by molar-refractivity contribution is 5.92. The number of pyridine rings is 1. The summed E-state index contributed by atoms with van der Waals surface area (Å²) >= 11 is 0. The number of rotatable bonds is 3. The number of carbonyl (C=O) groups is 1. The van der Waals surface area contributed by atoms with Gasteiger partial charge in [-0.3, -0.25) is 9.78 Å². The van der Waals surface area contributed by atoms with Gasteiger partial charge in [0.1, 0.15) is 0 Å². The number of nitrogens with zero attached hydrogens (tertiary/aromatic N) is 1. The molecule has 120 valence electrons. The molecule has 0 aliphatic rings. The molecule has 0 spiro atoms. The Bertz CT molecular complexity index is 808. The van der Waals surface area contributed by atoms with Crippen LogP contribution in [0.25, 0.3) is 10.8 Å². The van der Waals surface area contributed by atoms with Gasteiger partial charge in [-0.25, -0.2) is 0 Å². The van der Waals surface area contributed by atoms with E-state index in [4.69, 9.17) is 5.73 Å². The van der Waals surface area contributed by atoms with E-state index >= 15 is 0 Å². The fourth-order valence-electron chi connectivity index (χ4n) is 2.62. The lowest BCUT2D eigenvalue weighted by molar-refractivity contribution is -0.121. The van der Waals surface area contributed by atoms with Crippen molar-refractivity contribution in [1.82, 2.24) is 4.98 Å². The molecule has 1 unspecified atom stereocenters. The number of benzene rings is 2. The zero-order valence-corrected chi connectivity index (χ0v) is 14.2. The molecule has 0 saturated carbocycles. The van der Waals surface area contributed by atoms with Gasteiger partial charge in [-0.15, -0.1) is 24.8 Å². The molecule has 3 aromatic rings. The van der Waals surface area contributed by atoms with Crippen LogP contribution in [0.1, 0.15) is 18.1 Å². The number of halogens is 2. The summed E-state index contributed by atoms with van der Waals surface area (Å²) < 4.78 is 0. The van der Waals surface area contributed by atoms with Crippen LogP contribution in [0.2, 0.25) is 0 Å². The third kappa shape index (κ3) is 3.31. The fourth-order valence-corrected chi connectivity index (χ4v) is 2.62. The maximum absolute atomic E-state index is 12.2. The first-order valence-electron chi connectivity index (χ1n) is 6.82. The molecule has 0 saturated heterocycles. The molecule has 5 heteroatoms. The van der Waals surface area contributed by atoms with Crippen molar-refractivity contribution >= 4 is 41.5 Å². The van der Waals surface area contributed by atoms with Gasteiger partial charge in [0.05, 0.1) is 5.41 Å². The van der Waals surface area contributed by atoms with Gasteiger partial charge in [-0.2, -0.15) is 0 Å². The first-order chi connectivity index (χ1) is 10.1. The van der Waals surface area contributed by atoms with Crippen LogP contribution in [0.4, 0.5) is 0 Å². The SMILES string of the molecule is CC(C(N)=O)(c1ccccc1)c1ccc2cnccc2c1.Cl.Cl. The number of primary amides is 1. The summed E-state index contributed by atoms with van der Waals surface area (Å²) in [4.78, 5) is 16.3. The minimum atomic E-state index is -0.848. The van der Waals surface area contributed by atoms with Crippen molar-refractivity contribution in [1.29, 1.82) is 0 Å². The molecule has 2 aromatic carbocycles. The van der Waals surface area contributed by atoms with Crippen LogP contribution >= 0.6 is 24.8 Å². The van der Waals surface area contributed by atoms with Crippen molar-refractivity contribution < 1.29 is 4.79 Å². The molecular formula is C18H18Cl2N2O. The van der Waals surface area contributed by atoms with Crippen molar-refractivity contribution in [2.75, 3.05) is 0 Å². The van der Waals surface area contributed by atoms with Gasteiger partial charge in [0.15, 0.2) is 0 Å². The Balaban J connectivity index is 0.00000132. The molecule has 23 heavy (non-hydrogen) atoms. The topological polar surface area (TPSA) is 56.0 Å². The third-order valence-electron chi connectivity index (χ3n) is 4.06. The van der Waals surface area contributed by atoms with E-state index in [1.807, 2.05) is 67.7 Å². The summed E-state index contributed by atoms with van der Waals surface area (Å²) in [7, 11) is 0. The van der Waals surface area contributed by atoms with E-state index in [-0.39, 0.29) is 30.7 Å². The Morgan fingerprint density at radius 1 is 0.957 bits per heavy atom. The van der Waals surface area contributed by atoms with E-state index in [0.29, 0.717) is 0 Å². The number of hydrogen-bond acceptors (Lipinski definition) is 2. The molecular weight excluding hydrogens is 331 g/mol. The summed E-state index contributed by atoms with van der Waals surface area (Å²) in [6.07, 6.45) is 3.56. The number of carbonyl (C=O) groups excluding carboxylic acids is 1. The number of amides is 1. The fraction of sp³-hybridized carbons (Fsp3) is 0.111. The molecule has 1 aromatic heterocycles. The van der Waals surface area contributed by atoms with Crippen LogP contribution in [-0.2, 0) is 10.2 Å². The Labute approximate surface area is 147 Å². The molecule has 3 rings (SSSR count). The van der Waals surface area contributed by atoms with Gasteiger partial charge in [0, 0.05) is 17.8 Å².